The largest absolute Gasteiger partial charge is 0.465 e. The highest BCUT2D eigenvalue weighted by Crippen LogP contribution is 2.26. The molecule has 2 rings (SSSR count). The second kappa shape index (κ2) is 4.59. The van der Waals surface area contributed by atoms with Gasteiger partial charge in [-0.15, -0.1) is 0 Å². The molecule has 1 aromatic carbocycles. The van der Waals surface area contributed by atoms with Crippen LogP contribution in [0.2, 0.25) is 0 Å². The molecule has 1 aromatic rings. The van der Waals surface area contributed by atoms with Gasteiger partial charge < -0.3 is 14.2 Å². The molecule has 1 fully saturated rings. The van der Waals surface area contributed by atoms with E-state index in [0.717, 1.165) is 0 Å². The monoisotopic (exact) mass is 226 g/mol. The van der Waals surface area contributed by atoms with Gasteiger partial charge >= 0.3 is 5.97 Å². The highest BCUT2D eigenvalue weighted by molar-refractivity contribution is 5.89. The molecule has 1 heterocycles. The van der Waals surface area contributed by atoms with Crippen molar-refractivity contribution in [2.75, 3.05) is 20.3 Å². The summed E-state index contributed by atoms with van der Waals surface area (Å²) in [5.41, 5.74) is 0.499. The van der Waals surface area contributed by atoms with Crippen molar-refractivity contribution in [3.8, 4) is 0 Å². The molecule has 86 valence electrons. The van der Waals surface area contributed by atoms with Crippen LogP contribution in [-0.4, -0.2) is 26.3 Å². The minimum Gasteiger partial charge on any atom is -0.465 e. The zero-order valence-electron chi connectivity index (χ0n) is 8.73. The van der Waals surface area contributed by atoms with Gasteiger partial charge in [0.1, 0.15) is 5.82 Å². The molecule has 0 atom stereocenters. The maximum absolute atomic E-state index is 13.5. The molecule has 0 aliphatic carbocycles. The van der Waals surface area contributed by atoms with E-state index in [9.17, 15) is 9.18 Å². The predicted octanol–water partition coefficient (Wildman–Crippen LogP) is 1.66. The molecule has 0 radical (unpaired) electrons. The fourth-order valence-corrected chi connectivity index (χ4v) is 1.51. The average Bonchev–Trinajstić information content (AvgIpc) is 2.82. The second-order valence-corrected chi connectivity index (χ2v) is 3.30. The normalized spacial score (nSPS) is 16.4. The lowest BCUT2D eigenvalue weighted by Crippen LogP contribution is -2.06. The Morgan fingerprint density at radius 2 is 2.12 bits per heavy atom. The van der Waals surface area contributed by atoms with Crippen molar-refractivity contribution >= 4 is 5.97 Å². The zero-order chi connectivity index (χ0) is 11.5. The number of methoxy groups -OCH3 is 1. The van der Waals surface area contributed by atoms with Crippen LogP contribution in [0.5, 0.6) is 0 Å². The molecule has 0 aromatic heterocycles. The Bertz CT molecular complexity index is 399. The number of hydrogen-bond acceptors (Lipinski definition) is 4. The van der Waals surface area contributed by atoms with Crippen molar-refractivity contribution in [3.05, 3.63) is 35.1 Å². The Labute approximate surface area is 91.9 Å². The van der Waals surface area contributed by atoms with E-state index in [0.29, 0.717) is 13.2 Å². The fraction of sp³-hybridized carbons (Fsp3) is 0.364. The molecule has 1 aliphatic rings. The van der Waals surface area contributed by atoms with Crippen LogP contribution in [0.4, 0.5) is 4.39 Å². The molecule has 4 nitrogen and oxygen atoms in total. The van der Waals surface area contributed by atoms with Crippen molar-refractivity contribution < 1.29 is 23.4 Å². The standard InChI is InChI=1S/C11H11FO4/c1-14-10(13)7-2-3-9(12)8(6-7)11-15-4-5-16-11/h2-3,6,11H,4-5H2,1H3. The number of benzene rings is 1. The van der Waals surface area contributed by atoms with Crippen molar-refractivity contribution in [2.24, 2.45) is 0 Å². The number of halogens is 1. The number of esters is 1. The SMILES string of the molecule is COC(=O)c1ccc(F)c(C2OCCO2)c1. The summed E-state index contributed by atoms with van der Waals surface area (Å²) >= 11 is 0. The quantitative estimate of drug-likeness (QED) is 0.719. The maximum Gasteiger partial charge on any atom is 0.337 e. The maximum atomic E-state index is 13.5. The van der Waals surface area contributed by atoms with Crippen molar-refractivity contribution in [1.29, 1.82) is 0 Å². The summed E-state index contributed by atoms with van der Waals surface area (Å²) in [7, 11) is 1.27. The van der Waals surface area contributed by atoms with Gasteiger partial charge in [-0.1, -0.05) is 0 Å². The van der Waals surface area contributed by atoms with Crippen LogP contribution in [0.15, 0.2) is 18.2 Å². The summed E-state index contributed by atoms with van der Waals surface area (Å²) in [4.78, 5) is 11.3. The highest BCUT2D eigenvalue weighted by atomic mass is 19.1. The topological polar surface area (TPSA) is 44.8 Å². The summed E-state index contributed by atoms with van der Waals surface area (Å²) in [6.07, 6.45) is -0.732. The first-order valence-corrected chi connectivity index (χ1v) is 4.83. The van der Waals surface area contributed by atoms with E-state index in [4.69, 9.17) is 9.47 Å². The van der Waals surface area contributed by atoms with Crippen LogP contribution in [0.1, 0.15) is 22.2 Å². The molecule has 16 heavy (non-hydrogen) atoms. The van der Waals surface area contributed by atoms with Gasteiger partial charge in [-0.25, -0.2) is 9.18 Å². The highest BCUT2D eigenvalue weighted by Gasteiger charge is 2.23. The average molecular weight is 226 g/mol. The van der Waals surface area contributed by atoms with E-state index in [1.165, 1.54) is 25.3 Å². The predicted molar refractivity (Wildman–Crippen MR) is 52.4 cm³/mol. The Hall–Kier alpha value is -1.46. The van der Waals surface area contributed by atoms with E-state index < -0.39 is 18.1 Å². The van der Waals surface area contributed by atoms with Gasteiger partial charge in [0.05, 0.1) is 25.9 Å². The van der Waals surface area contributed by atoms with E-state index >= 15 is 0 Å². The first-order chi connectivity index (χ1) is 7.72. The van der Waals surface area contributed by atoms with E-state index in [2.05, 4.69) is 4.74 Å². The molecule has 5 heteroatoms. The minimum atomic E-state index is -0.732. The van der Waals surface area contributed by atoms with Crippen LogP contribution in [0.25, 0.3) is 0 Å². The lowest BCUT2D eigenvalue weighted by Gasteiger charge is -2.11. The molecular formula is C11H11FO4. The van der Waals surface area contributed by atoms with Crippen LogP contribution in [-0.2, 0) is 14.2 Å². The van der Waals surface area contributed by atoms with Gasteiger partial charge in [0.25, 0.3) is 0 Å². The van der Waals surface area contributed by atoms with Crippen molar-refractivity contribution in [3.63, 3.8) is 0 Å². The van der Waals surface area contributed by atoms with Crippen LogP contribution in [0.3, 0.4) is 0 Å². The van der Waals surface area contributed by atoms with Gasteiger partial charge in [0.2, 0.25) is 0 Å². The first-order valence-electron chi connectivity index (χ1n) is 4.83. The summed E-state index contributed by atoms with van der Waals surface area (Å²) in [5, 5.41) is 0. The summed E-state index contributed by atoms with van der Waals surface area (Å²) in [6.45, 7) is 0.846. The molecule has 0 spiro atoms. The molecule has 0 saturated carbocycles. The Morgan fingerprint density at radius 1 is 1.44 bits per heavy atom. The van der Waals surface area contributed by atoms with Crippen LogP contribution < -0.4 is 0 Å². The van der Waals surface area contributed by atoms with Gasteiger partial charge in [-0.2, -0.15) is 0 Å². The lowest BCUT2D eigenvalue weighted by molar-refractivity contribution is -0.0465. The minimum absolute atomic E-state index is 0.223. The van der Waals surface area contributed by atoms with Gasteiger partial charge in [-0.3, -0.25) is 0 Å². The number of hydrogen-bond donors (Lipinski definition) is 0. The molecular weight excluding hydrogens is 215 g/mol. The third-order valence-corrected chi connectivity index (χ3v) is 2.29. The molecule has 1 saturated heterocycles. The Morgan fingerprint density at radius 3 is 2.75 bits per heavy atom. The molecule has 0 amide bonds. The molecule has 0 N–H and O–H groups in total. The number of carbonyl (C=O) groups is 1. The third kappa shape index (κ3) is 2.05. The lowest BCUT2D eigenvalue weighted by atomic mass is 10.1. The van der Waals surface area contributed by atoms with E-state index in [-0.39, 0.29) is 11.1 Å². The Balaban J connectivity index is 2.32. The van der Waals surface area contributed by atoms with Gasteiger partial charge in [0.15, 0.2) is 6.29 Å². The van der Waals surface area contributed by atoms with Crippen molar-refractivity contribution in [2.45, 2.75) is 6.29 Å². The van der Waals surface area contributed by atoms with Crippen molar-refractivity contribution in [1.82, 2.24) is 0 Å². The molecule has 0 unspecified atom stereocenters. The fourth-order valence-electron chi connectivity index (χ4n) is 1.51. The van der Waals surface area contributed by atoms with E-state index in [1.54, 1.807) is 0 Å². The van der Waals surface area contributed by atoms with E-state index in [1.807, 2.05) is 0 Å². The number of carbonyl (C=O) groups excluding carboxylic acids is 1. The summed E-state index contributed by atoms with van der Waals surface area (Å²) < 4.78 is 28.4. The molecule has 1 aliphatic heterocycles. The second-order valence-electron chi connectivity index (χ2n) is 3.30. The van der Waals surface area contributed by atoms with Gasteiger partial charge in [-0.05, 0) is 18.2 Å². The molecule has 0 bridgehead atoms. The van der Waals surface area contributed by atoms with Crippen LogP contribution >= 0.6 is 0 Å². The first kappa shape index (κ1) is 11.0. The third-order valence-electron chi connectivity index (χ3n) is 2.29. The van der Waals surface area contributed by atoms with Crippen LogP contribution in [0, 0.1) is 5.82 Å². The summed E-state index contributed by atoms with van der Waals surface area (Å²) in [6, 6.07) is 3.95. The summed E-state index contributed by atoms with van der Waals surface area (Å²) in [5.74, 6) is -0.973. The van der Waals surface area contributed by atoms with Gasteiger partial charge in [0, 0.05) is 5.56 Å². The smallest absolute Gasteiger partial charge is 0.337 e. The number of ether oxygens (including phenoxy) is 3. The number of rotatable bonds is 2. The Kier molecular flexibility index (Phi) is 3.17. The zero-order valence-corrected chi connectivity index (χ0v) is 8.73.